The van der Waals surface area contributed by atoms with E-state index in [0.717, 1.165) is 53.6 Å². The smallest absolute Gasteiger partial charge is 0.224 e. The van der Waals surface area contributed by atoms with Gasteiger partial charge in [0.1, 0.15) is 23.9 Å². The monoisotopic (exact) mass is 541 g/mol. The average Bonchev–Trinajstić information content (AvgIpc) is 3.26. The summed E-state index contributed by atoms with van der Waals surface area (Å²) in [6.07, 6.45) is 7.98. The van der Waals surface area contributed by atoms with Gasteiger partial charge in [0, 0.05) is 11.6 Å². The van der Waals surface area contributed by atoms with Crippen molar-refractivity contribution in [2.75, 3.05) is 6.61 Å². The molecular formula is C32H35N3O5. The number of pyridine rings is 1. The van der Waals surface area contributed by atoms with Gasteiger partial charge in [-0.1, -0.05) is 24.3 Å². The van der Waals surface area contributed by atoms with Crippen LogP contribution in [0, 0.1) is 5.41 Å². The lowest BCUT2D eigenvalue weighted by atomic mass is 9.53. The number of aliphatic hydroxyl groups is 1. The topological polar surface area (TPSA) is 105 Å². The first kappa shape index (κ1) is 26.2. The quantitative estimate of drug-likeness (QED) is 0.278. The van der Waals surface area contributed by atoms with Gasteiger partial charge >= 0.3 is 0 Å². The number of amides is 1. The standard InChI is InChI=1S/C32H35N3O5/c1-31(2,38)20-39-27-10-11-29-23(18-33-35(29)19-27)13-30(37)34-24-14-32(15-24)16-28(17-32)40-26-8-6-21(7-9-26)22-4-3-5-25(36)12-22/h3-12,18-19,24,28,36,38H,13-17,20H2,1-2H3,(H,34,37). The number of carbonyl (C=O) groups excluding carboxylic acids is 1. The van der Waals surface area contributed by atoms with Crippen molar-refractivity contribution in [1.29, 1.82) is 0 Å². The van der Waals surface area contributed by atoms with Gasteiger partial charge in [-0.05, 0) is 92.5 Å². The molecule has 4 aromatic rings. The Hall–Kier alpha value is -4.04. The maximum Gasteiger partial charge on any atom is 0.224 e. The zero-order valence-corrected chi connectivity index (χ0v) is 22.8. The molecule has 2 heterocycles. The average molecular weight is 542 g/mol. The number of fused-ring (bicyclic) bond motifs is 1. The van der Waals surface area contributed by atoms with Gasteiger partial charge in [0.15, 0.2) is 0 Å². The van der Waals surface area contributed by atoms with Crippen LogP contribution in [0.1, 0.15) is 45.1 Å². The Morgan fingerprint density at radius 3 is 2.52 bits per heavy atom. The minimum Gasteiger partial charge on any atom is -0.508 e. The summed E-state index contributed by atoms with van der Waals surface area (Å²) in [5.74, 6) is 1.74. The molecule has 0 aliphatic heterocycles. The molecule has 2 aliphatic carbocycles. The molecular weight excluding hydrogens is 506 g/mol. The van der Waals surface area contributed by atoms with Crippen LogP contribution in [0.5, 0.6) is 17.2 Å². The Morgan fingerprint density at radius 1 is 1.05 bits per heavy atom. The minimum absolute atomic E-state index is 0.0102. The van der Waals surface area contributed by atoms with E-state index in [1.54, 1.807) is 42.9 Å². The Bertz CT molecular complexity index is 1510. The molecule has 1 amide bonds. The number of ether oxygens (including phenoxy) is 2. The maximum atomic E-state index is 12.8. The predicted molar refractivity (Wildman–Crippen MR) is 151 cm³/mol. The second-order valence-corrected chi connectivity index (χ2v) is 12.0. The number of aromatic nitrogens is 2. The molecule has 40 heavy (non-hydrogen) atoms. The molecule has 8 heteroatoms. The first-order chi connectivity index (χ1) is 19.1. The maximum absolute atomic E-state index is 12.8. The summed E-state index contributed by atoms with van der Waals surface area (Å²) in [6, 6.07) is 19.2. The summed E-state index contributed by atoms with van der Waals surface area (Å²) in [4.78, 5) is 12.8. The highest BCUT2D eigenvalue weighted by Gasteiger charge is 2.54. The molecule has 6 rings (SSSR count). The fourth-order valence-corrected chi connectivity index (χ4v) is 5.97. The summed E-state index contributed by atoms with van der Waals surface area (Å²) in [7, 11) is 0. The van der Waals surface area contributed by atoms with E-state index in [1.807, 2.05) is 48.5 Å². The number of nitrogens with one attached hydrogen (secondary N) is 1. The van der Waals surface area contributed by atoms with Crippen molar-refractivity contribution in [3.8, 4) is 28.4 Å². The Balaban J connectivity index is 0.946. The van der Waals surface area contributed by atoms with Crippen LogP contribution in [0.3, 0.4) is 0 Å². The van der Waals surface area contributed by atoms with E-state index in [9.17, 15) is 15.0 Å². The number of rotatable bonds is 9. The van der Waals surface area contributed by atoms with Gasteiger partial charge in [-0.25, -0.2) is 4.52 Å². The van der Waals surface area contributed by atoms with E-state index in [4.69, 9.17) is 9.47 Å². The molecule has 2 fully saturated rings. The molecule has 0 radical (unpaired) electrons. The van der Waals surface area contributed by atoms with Gasteiger partial charge in [-0.2, -0.15) is 5.10 Å². The lowest BCUT2D eigenvalue weighted by Gasteiger charge is -2.57. The van der Waals surface area contributed by atoms with Crippen LogP contribution in [0.2, 0.25) is 0 Å². The van der Waals surface area contributed by atoms with Crippen molar-refractivity contribution in [1.82, 2.24) is 14.9 Å². The normalized spacial score (nSPS) is 22.0. The predicted octanol–water partition coefficient (Wildman–Crippen LogP) is 4.91. The second-order valence-electron chi connectivity index (χ2n) is 12.0. The third kappa shape index (κ3) is 5.77. The Kier molecular flexibility index (Phi) is 6.66. The van der Waals surface area contributed by atoms with Crippen molar-refractivity contribution in [3.05, 3.63) is 78.6 Å². The van der Waals surface area contributed by atoms with Gasteiger partial charge in [0.2, 0.25) is 5.91 Å². The van der Waals surface area contributed by atoms with Gasteiger partial charge in [-0.3, -0.25) is 4.79 Å². The number of hydrogen-bond acceptors (Lipinski definition) is 6. The Labute approximate surface area is 233 Å². The summed E-state index contributed by atoms with van der Waals surface area (Å²) >= 11 is 0. The van der Waals surface area contributed by atoms with E-state index in [-0.39, 0.29) is 42.2 Å². The summed E-state index contributed by atoms with van der Waals surface area (Å²) < 4.78 is 13.5. The largest absolute Gasteiger partial charge is 0.508 e. The fourth-order valence-electron chi connectivity index (χ4n) is 5.97. The molecule has 2 saturated carbocycles. The van der Waals surface area contributed by atoms with Crippen molar-refractivity contribution in [3.63, 3.8) is 0 Å². The van der Waals surface area contributed by atoms with E-state index >= 15 is 0 Å². The SMILES string of the molecule is CC(C)(O)COc1ccc2c(CC(=O)NC3CC4(C3)CC(Oc3ccc(-c5cccc(O)c5)cc3)C4)cnn2c1. The van der Waals surface area contributed by atoms with E-state index in [0.29, 0.717) is 5.75 Å². The second kappa shape index (κ2) is 10.2. The van der Waals surface area contributed by atoms with Crippen LogP contribution >= 0.6 is 0 Å². The summed E-state index contributed by atoms with van der Waals surface area (Å²) in [5, 5.41) is 27.1. The molecule has 8 nitrogen and oxygen atoms in total. The van der Waals surface area contributed by atoms with E-state index < -0.39 is 5.60 Å². The summed E-state index contributed by atoms with van der Waals surface area (Å²) in [5.41, 5.74) is 3.11. The molecule has 0 bridgehead atoms. The van der Waals surface area contributed by atoms with Gasteiger partial charge < -0.3 is 25.0 Å². The molecule has 0 atom stereocenters. The highest BCUT2D eigenvalue weighted by Crippen LogP contribution is 2.56. The third-order valence-electron chi connectivity index (χ3n) is 7.89. The van der Waals surface area contributed by atoms with E-state index in [2.05, 4.69) is 10.4 Å². The highest BCUT2D eigenvalue weighted by atomic mass is 16.5. The number of nitrogens with zero attached hydrogens (tertiary/aromatic N) is 2. The number of phenolic OH excluding ortho intramolecular Hbond substituents is 1. The van der Waals surface area contributed by atoms with Crippen LogP contribution in [-0.2, 0) is 11.2 Å². The van der Waals surface area contributed by atoms with Crippen LogP contribution < -0.4 is 14.8 Å². The minimum atomic E-state index is -0.919. The number of phenols is 1. The van der Waals surface area contributed by atoms with Gasteiger partial charge in [-0.15, -0.1) is 0 Å². The van der Waals surface area contributed by atoms with Gasteiger partial charge in [0.25, 0.3) is 0 Å². The molecule has 1 spiro atoms. The molecule has 0 unspecified atom stereocenters. The van der Waals surface area contributed by atoms with Crippen molar-refractivity contribution in [2.45, 2.75) is 63.7 Å². The van der Waals surface area contributed by atoms with Crippen molar-refractivity contribution in [2.24, 2.45) is 5.41 Å². The molecule has 3 N–H and O–H groups in total. The molecule has 2 aliphatic rings. The lowest BCUT2D eigenvalue weighted by molar-refractivity contribution is -0.126. The first-order valence-electron chi connectivity index (χ1n) is 13.8. The van der Waals surface area contributed by atoms with Crippen LogP contribution in [0.25, 0.3) is 16.6 Å². The molecule has 208 valence electrons. The zero-order valence-electron chi connectivity index (χ0n) is 22.8. The number of benzene rings is 2. The molecule has 2 aromatic heterocycles. The summed E-state index contributed by atoms with van der Waals surface area (Å²) in [6.45, 7) is 3.56. The number of aromatic hydroxyl groups is 1. The van der Waals surface area contributed by atoms with E-state index in [1.165, 1.54) is 0 Å². The van der Waals surface area contributed by atoms with Crippen LogP contribution in [0.15, 0.2) is 73.1 Å². The first-order valence-corrected chi connectivity index (χ1v) is 13.8. The van der Waals surface area contributed by atoms with Crippen LogP contribution in [0.4, 0.5) is 0 Å². The fraction of sp³-hybridized carbons (Fsp3) is 0.375. The van der Waals surface area contributed by atoms with Gasteiger partial charge in [0.05, 0.1) is 36.0 Å². The number of carbonyl (C=O) groups is 1. The molecule has 0 saturated heterocycles. The highest BCUT2D eigenvalue weighted by molar-refractivity contribution is 5.81. The third-order valence-corrected chi connectivity index (χ3v) is 7.89. The lowest BCUT2D eigenvalue weighted by Crippen LogP contribution is -2.58. The number of hydrogen-bond donors (Lipinski definition) is 3. The van der Waals surface area contributed by atoms with Crippen molar-refractivity contribution < 1.29 is 24.5 Å². The van der Waals surface area contributed by atoms with Crippen molar-refractivity contribution >= 4 is 11.4 Å². The van der Waals surface area contributed by atoms with Crippen LogP contribution in [-0.4, -0.2) is 50.1 Å². The zero-order chi connectivity index (χ0) is 27.9. The molecule has 2 aromatic carbocycles. The Morgan fingerprint density at radius 2 is 1.80 bits per heavy atom.